The Balaban J connectivity index is 2.03. The lowest BCUT2D eigenvalue weighted by molar-refractivity contribution is -0.128. The summed E-state index contributed by atoms with van der Waals surface area (Å²) >= 11 is 3.27. The van der Waals surface area contributed by atoms with Gasteiger partial charge in [-0.05, 0) is 29.8 Å². The van der Waals surface area contributed by atoms with Crippen LogP contribution in [0.25, 0.3) is 0 Å². The summed E-state index contributed by atoms with van der Waals surface area (Å²) in [6.45, 7) is 0. The van der Waals surface area contributed by atoms with Crippen LogP contribution in [0.5, 0.6) is 0 Å². The fourth-order valence-corrected chi connectivity index (χ4v) is 2.64. The first-order valence-electron chi connectivity index (χ1n) is 8.06. The number of halogens is 3. The van der Waals surface area contributed by atoms with E-state index < -0.39 is 29.5 Å². The van der Waals surface area contributed by atoms with Crippen LogP contribution < -0.4 is 10.6 Å². The molecule has 0 aliphatic carbocycles. The van der Waals surface area contributed by atoms with Crippen molar-refractivity contribution in [1.82, 2.24) is 10.6 Å². The predicted octanol–water partition coefficient (Wildman–Crippen LogP) is 3.29. The second kappa shape index (κ2) is 9.36. The number of amides is 2. The van der Waals surface area contributed by atoms with Crippen LogP contribution in [0.4, 0.5) is 8.78 Å². The average molecular weight is 439 g/mol. The number of ketones is 1. The number of nitrogens with one attached hydrogen (secondary N) is 2. The van der Waals surface area contributed by atoms with Crippen molar-refractivity contribution in [3.05, 3.63) is 69.7 Å². The van der Waals surface area contributed by atoms with Crippen molar-refractivity contribution in [1.29, 1.82) is 0 Å². The molecule has 0 aliphatic rings. The molecule has 0 aliphatic heterocycles. The number of benzene rings is 2. The van der Waals surface area contributed by atoms with Crippen LogP contribution in [0.1, 0.15) is 34.8 Å². The van der Waals surface area contributed by atoms with E-state index in [2.05, 4.69) is 26.6 Å². The molecule has 0 bridgehead atoms. The molecule has 2 amide bonds. The molecular weight excluding hydrogens is 422 g/mol. The topological polar surface area (TPSA) is 75.3 Å². The number of hydrogen-bond donors (Lipinski definition) is 2. The van der Waals surface area contributed by atoms with Gasteiger partial charge in [-0.1, -0.05) is 34.1 Å². The molecule has 1 unspecified atom stereocenters. The molecule has 0 fully saturated rings. The van der Waals surface area contributed by atoms with Gasteiger partial charge in [0.1, 0.15) is 6.04 Å². The van der Waals surface area contributed by atoms with Crippen molar-refractivity contribution in [2.75, 3.05) is 7.05 Å². The molecule has 1 atom stereocenters. The highest BCUT2D eigenvalue weighted by molar-refractivity contribution is 9.10. The van der Waals surface area contributed by atoms with E-state index in [-0.39, 0.29) is 24.2 Å². The van der Waals surface area contributed by atoms with Gasteiger partial charge in [-0.25, -0.2) is 8.78 Å². The molecule has 0 aromatic heterocycles. The highest BCUT2D eigenvalue weighted by Crippen LogP contribution is 2.18. The van der Waals surface area contributed by atoms with Gasteiger partial charge in [0.15, 0.2) is 17.4 Å². The highest BCUT2D eigenvalue weighted by Gasteiger charge is 2.23. The Labute approximate surface area is 163 Å². The number of hydrogen-bond acceptors (Lipinski definition) is 3. The lowest BCUT2D eigenvalue weighted by atomic mass is 10.0. The van der Waals surface area contributed by atoms with Gasteiger partial charge in [0.05, 0.1) is 0 Å². The fraction of sp³-hybridized carbons (Fsp3) is 0.211. The molecule has 142 valence electrons. The van der Waals surface area contributed by atoms with Gasteiger partial charge < -0.3 is 10.6 Å². The fourth-order valence-electron chi connectivity index (χ4n) is 2.38. The Kier molecular flexibility index (Phi) is 7.18. The van der Waals surface area contributed by atoms with E-state index in [0.29, 0.717) is 5.56 Å². The Morgan fingerprint density at radius 3 is 2.26 bits per heavy atom. The number of carbonyl (C=O) groups excluding carboxylic acids is 3. The number of carbonyl (C=O) groups is 3. The smallest absolute Gasteiger partial charge is 0.246 e. The average Bonchev–Trinajstić information content (AvgIpc) is 2.66. The molecule has 8 heteroatoms. The summed E-state index contributed by atoms with van der Waals surface area (Å²) in [5, 5.41) is 4.80. The van der Waals surface area contributed by atoms with Crippen LogP contribution in [0.2, 0.25) is 0 Å². The second-order valence-electron chi connectivity index (χ2n) is 5.72. The van der Waals surface area contributed by atoms with Crippen molar-refractivity contribution in [3.8, 4) is 0 Å². The monoisotopic (exact) mass is 438 g/mol. The minimum absolute atomic E-state index is 0.0499. The molecule has 0 saturated carbocycles. The minimum atomic E-state index is -1.19. The summed E-state index contributed by atoms with van der Waals surface area (Å²) in [7, 11) is 1.36. The molecular formula is C19H17BrF2N2O3. The maximum Gasteiger partial charge on any atom is 0.246 e. The van der Waals surface area contributed by atoms with E-state index in [0.717, 1.165) is 16.6 Å². The van der Waals surface area contributed by atoms with Gasteiger partial charge in [-0.2, -0.15) is 0 Å². The first kappa shape index (κ1) is 20.7. The van der Waals surface area contributed by atoms with E-state index in [1.807, 2.05) is 0 Å². The third kappa shape index (κ3) is 5.68. The standard InChI is InChI=1S/C19H17BrF2N2O3/c1-23-19(27)18(12-4-7-14(21)15(22)10-12)24-17(26)9-8-16(25)11-2-5-13(20)6-3-11/h2-7,10,18H,8-9H2,1H3,(H,23,27)(H,24,26). The Morgan fingerprint density at radius 1 is 1.00 bits per heavy atom. The summed E-state index contributed by atoms with van der Waals surface area (Å²) < 4.78 is 27.4. The third-order valence-electron chi connectivity index (χ3n) is 3.84. The SMILES string of the molecule is CNC(=O)C(NC(=O)CCC(=O)c1ccc(Br)cc1)c1ccc(F)c(F)c1. The van der Waals surface area contributed by atoms with Crippen LogP contribution in [0.15, 0.2) is 46.9 Å². The lowest BCUT2D eigenvalue weighted by Crippen LogP contribution is -2.39. The molecule has 2 N–H and O–H groups in total. The molecule has 2 aromatic rings. The Bertz CT molecular complexity index is 857. The first-order chi connectivity index (χ1) is 12.8. The third-order valence-corrected chi connectivity index (χ3v) is 4.36. The number of likely N-dealkylation sites (N-methyl/N-ethyl adjacent to an activating group) is 1. The lowest BCUT2D eigenvalue weighted by Gasteiger charge is -2.18. The van der Waals surface area contributed by atoms with Crippen molar-refractivity contribution in [2.45, 2.75) is 18.9 Å². The molecule has 0 radical (unpaired) electrons. The van der Waals surface area contributed by atoms with Crippen molar-refractivity contribution >= 4 is 33.5 Å². The highest BCUT2D eigenvalue weighted by atomic mass is 79.9. The zero-order valence-electron chi connectivity index (χ0n) is 14.4. The summed E-state index contributed by atoms with van der Waals surface area (Å²) in [5.41, 5.74) is 0.565. The van der Waals surface area contributed by atoms with Crippen LogP contribution in [0.3, 0.4) is 0 Å². The Hall–Kier alpha value is -2.61. The van der Waals surface area contributed by atoms with Crippen molar-refractivity contribution < 1.29 is 23.2 Å². The second-order valence-corrected chi connectivity index (χ2v) is 6.63. The van der Waals surface area contributed by atoms with E-state index >= 15 is 0 Å². The molecule has 5 nitrogen and oxygen atoms in total. The van der Waals surface area contributed by atoms with Gasteiger partial charge in [-0.15, -0.1) is 0 Å². The normalized spacial score (nSPS) is 11.6. The van der Waals surface area contributed by atoms with Crippen molar-refractivity contribution in [2.24, 2.45) is 0 Å². The zero-order valence-corrected chi connectivity index (χ0v) is 16.0. The van der Waals surface area contributed by atoms with Gasteiger partial charge >= 0.3 is 0 Å². The van der Waals surface area contributed by atoms with E-state index in [1.165, 1.54) is 13.1 Å². The maximum atomic E-state index is 13.4. The summed E-state index contributed by atoms with van der Waals surface area (Å²) in [6, 6.07) is 8.46. The maximum absolute atomic E-state index is 13.4. The van der Waals surface area contributed by atoms with Gasteiger partial charge in [-0.3, -0.25) is 14.4 Å². The molecule has 0 spiro atoms. The van der Waals surface area contributed by atoms with Gasteiger partial charge in [0, 0.05) is 29.9 Å². The molecule has 0 saturated heterocycles. The van der Waals surface area contributed by atoms with Crippen LogP contribution in [0, 0.1) is 11.6 Å². The molecule has 2 rings (SSSR count). The summed E-state index contributed by atoms with van der Waals surface area (Å²) in [5.74, 6) is -3.55. The number of rotatable bonds is 7. The zero-order chi connectivity index (χ0) is 20.0. The summed E-state index contributed by atoms with van der Waals surface area (Å²) in [4.78, 5) is 36.3. The largest absolute Gasteiger partial charge is 0.357 e. The molecule has 2 aromatic carbocycles. The van der Waals surface area contributed by atoms with Crippen molar-refractivity contribution in [3.63, 3.8) is 0 Å². The van der Waals surface area contributed by atoms with Gasteiger partial charge in [0.25, 0.3) is 0 Å². The number of Topliss-reactive ketones (excluding diaryl/α,β-unsaturated/α-hetero) is 1. The van der Waals surface area contributed by atoms with E-state index in [1.54, 1.807) is 24.3 Å². The van der Waals surface area contributed by atoms with Crippen LogP contribution in [-0.2, 0) is 9.59 Å². The molecule has 0 heterocycles. The predicted molar refractivity (Wildman–Crippen MR) is 99.0 cm³/mol. The van der Waals surface area contributed by atoms with Crippen LogP contribution in [-0.4, -0.2) is 24.6 Å². The van der Waals surface area contributed by atoms with E-state index in [4.69, 9.17) is 0 Å². The van der Waals surface area contributed by atoms with E-state index in [9.17, 15) is 23.2 Å². The summed E-state index contributed by atoms with van der Waals surface area (Å²) in [6.07, 6.45) is -0.197. The Morgan fingerprint density at radius 2 is 1.67 bits per heavy atom. The quantitative estimate of drug-likeness (QED) is 0.651. The van der Waals surface area contributed by atoms with Gasteiger partial charge in [0.2, 0.25) is 11.8 Å². The van der Waals surface area contributed by atoms with Crippen LogP contribution >= 0.6 is 15.9 Å². The minimum Gasteiger partial charge on any atom is -0.357 e. The molecule has 27 heavy (non-hydrogen) atoms. The first-order valence-corrected chi connectivity index (χ1v) is 8.85.